The average molecular weight is 515 g/mol. The molecule has 0 aromatic heterocycles. The first kappa shape index (κ1) is 26.8. The van der Waals surface area contributed by atoms with Crippen molar-refractivity contribution in [1.29, 1.82) is 0 Å². The van der Waals surface area contributed by atoms with Crippen molar-refractivity contribution in [1.82, 2.24) is 0 Å². The van der Waals surface area contributed by atoms with Gasteiger partial charge in [-0.1, -0.05) is 25.1 Å². The second kappa shape index (κ2) is 11.4. The highest BCUT2D eigenvalue weighted by atomic mass is 16.5. The molecule has 1 atom stereocenters. The summed E-state index contributed by atoms with van der Waals surface area (Å²) in [4.78, 5) is 30.3. The minimum atomic E-state index is -0.926. The molecular weight excluding hydrogens is 480 g/mol. The summed E-state index contributed by atoms with van der Waals surface area (Å²) < 4.78 is 5.63. The molecule has 38 heavy (non-hydrogen) atoms. The lowest BCUT2D eigenvalue weighted by molar-refractivity contribution is -0.132. The van der Waals surface area contributed by atoms with Gasteiger partial charge in [-0.05, 0) is 86.8 Å². The number of aliphatic hydroxyl groups is 1. The van der Waals surface area contributed by atoms with Crippen LogP contribution in [0.15, 0.2) is 72.3 Å². The Balaban J connectivity index is 1.87. The second-order valence-electron chi connectivity index (χ2n) is 9.30. The van der Waals surface area contributed by atoms with Crippen molar-refractivity contribution < 1.29 is 24.5 Å². The number of carbonyl (C=O) groups is 2. The number of nitrogens with zero attached hydrogens (tertiary/aromatic N) is 2. The number of carbonyl (C=O) groups excluding carboxylic acids is 2. The number of ketones is 1. The topological polar surface area (TPSA) is 90.3 Å². The van der Waals surface area contributed by atoms with E-state index in [0.29, 0.717) is 23.5 Å². The first-order valence-electron chi connectivity index (χ1n) is 13.0. The van der Waals surface area contributed by atoms with E-state index in [2.05, 4.69) is 18.7 Å². The predicted molar refractivity (Wildman–Crippen MR) is 150 cm³/mol. The fourth-order valence-electron chi connectivity index (χ4n) is 4.76. The van der Waals surface area contributed by atoms with Crippen LogP contribution in [0.5, 0.6) is 11.5 Å². The maximum absolute atomic E-state index is 13.4. The van der Waals surface area contributed by atoms with Crippen LogP contribution in [0.2, 0.25) is 0 Å². The Morgan fingerprint density at radius 3 is 2.21 bits per heavy atom. The van der Waals surface area contributed by atoms with Gasteiger partial charge < -0.3 is 19.8 Å². The molecule has 7 nitrogen and oxygen atoms in total. The predicted octanol–water partition coefficient (Wildman–Crippen LogP) is 5.96. The van der Waals surface area contributed by atoms with Crippen molar-refractivity contribution >= 4 is 28.8 Å². The van der Waals surface area contributed by atoms with Crippen LogP contribution in [0.25, 0.3) is 5.76 Å². The van der Waals surface area contributed by atoms with Crippen molar-refractivity contribution in [3.8, 4) is 11.5 Å². The van der Waals surface area contributed by atoms with Gasteiger partial charge in [0.1, 0.15) is 17.3 Å². The molecular formula is C31H34N2O5. The Hall–Kier alpha value is -4.26. The van der Waals surface area contributed by atoms with E-state index in [1.807, 2.05) is 38.1 Å². The van der Waals surface area contributed by atoms with E-state index in [9.17, 15) is 19.8 Å². The number of aliphatic hydroxyl groups excluding tert-OH is 1. The molecule has 1 heterocycles. The highest BCUT2D eigenvalue weighted by Gasteiger charge is 2.47. The monoisotopic (exact) mass is 514 g/mol. The Labute approximate surface area is 223 Å². The second-order valence-corrected chi connectivity index (χ2v) is 9.30. The number of hydrogen-bond donors (Lipinski definition) is 2. The van der Waals surface area contributed by atoms with E-state index in [-0.39, 0.29) is 22.8 Å². The van der Waals surface area contributed by atoms with E-state index >= 15 is 0 Å². The number of Topliss-reactive ketones (excluding diaryl/α,β-unsaturated/α-hetero) is 1. The maximum atomic E-state index is 13.4. The Bertz CT molecular complexity index is 1340. The normalized spacial score (nSPS) is 16.6. The number of hydrogen-bond acceptors (Lipinski definition) is 6. The highest BCUT2D eigenvalue weighted by Crippen LogP contribution is 2.45. The van der Waals surface area contributed by atoms with Gasteiger partial charge in [0.15, 0.2) is 0 Å². The van der Waals surface area contributed by atoms with Crippen molar-refractivity contribution in [2.75, 3.05) is 29.5 Å². The van der Waals surface area contributed by atoms with Gasteiger partial charge in [-0.2, -0.15) is 0 Å². The molecule has 2 N–H and O–H groups in total. The van der Waals surface area contributed by atoms with Crippen LogP contribution < -0.4 is 14.5 Å². The van der Waals surface area contributed by atoms with Gasteiger partial charge in [0.2, 0.25) is 0 Å². The van der Waals surface area contributed by atoms with Gasteiger partial charge in [0.25, 0.3) is 11.7 Å². The Kier molecular flexibility index (Phi) is 8.05. The summed E-state index contributed by atoms with van der Waals surface area (Å²) in [6.07, 6.45) is 0.865. The third-order valence-electron chi connectivity index (χ3n) is 6.77. The largest absolute Gasteiger partial charge is 0.507 e. The fourth-order valence-corrected chi connectivity index (χ4v) is 4.76. The zero-order chi connectivity index (χ0) is 27.4. The minimum Gasteiger partial charge on any atom is -0.507 e. The fraction of sp³-hybridized carbons (Fsp3) is 0.290. The number of amides is 1. The van der Waals surface area contributed by atoms with E-state index in [4.69, 9.17) is 4.74 Å². The third-order valence-corrected chi connectivity index (χ3v) is 6.77. The molecule has 0 bridgehead atoms. The van der Waals surface area contributed by atoms with Crippen molar-refractivity contribution in [3.05, 3.63) is 89.0 Å². The number of aryl methyl sites for hydroxylation is 1. The van der Waals surface area contributed by atoms with E-state index in [1.165, 1.54) is 11.0 Å². The van der Waals surface area contributed by atoms with Gasteiger partial charge in [0.05, 0.1) is 23.9 Å². The van der Waals surface area contributed by atoms with Gasteiger partial charge in [-0.3, -0.25) is 14.5 Å². The summed E-state index contributed by atoms with van der Waals surface area (Å²) in [6, 6.07) is 18.3. The number of benzene rings is 3. The van der Waals surface area contributed by atoms with Crippen LogP contribution in [-0.4, -0.2) is 41.6 Å². The summed E-state index contributed by atoms with van der Waals surface area (Å²) in [5.41, 5.74) is 3.05. The number of aromatic hydroxyl groups is 1. The molecule has 0 saturated carbocycles. The quantitative estimate of drug-likeness (QED) is 0.208. The number of phenols is 1. The van der Waals surface area contributed by atoms with Crippen LogP contribution in [0.3, 0.4) is 0 Å². The van der Waals surface area contributed by atoms with E-state index < -0.39 is 17.7 Å². The lowest BCUT2D eigenvalue weighted by atomic mass is 9.94. The van der Waals surface area contributed by atoms with Gasteiger partial charge in [0, 0.05) is 24.3 Å². The Morgan fingerprint density at radius 1 is 0.947 bits per heavy atom. The summed E-state index contributed by atoms with van der Waals surface area (Å²) in [5, 5.41) is 22.1. The first-order valence-corrected chi connectivity index (χ1v) is 13.0. The molecule has 7 heteroatoms. The third kappa shape index (κ3) is 5.09. The lowest BCUT2D eigenvalue weighted by Gasteiger charge is -2.27. The highest BCUT2D eigenvalue weighted by molar-refractivity contribution is 6.52. The number of phenolic OH excluding ortho intramolecular Hbond substituents is 1. The van der Waals surface area contributed by atoms with Gasteiger partial charge >= 0.3 is 0 Å². The molecule has 198 valence electrons. The van der Waals surface area contributed by atoms with Crippen LogP contribution >= 0.6 is 0 Å². The van der Waals surface area contributed by atoms with Gasteiger partial charge in [-0.25, -0.2) is 0 Å². The molecule has 4 rings (SSSR count). The minimum absolute atomic E-state index is 0.0336. The number of ether oxygens (including phenoxy) is 1. The molecule has 3 aromatic carbocycles. The standard InChI is InChI=1S/C31H34N2O5/c1-5-18-38-24-15-11-22(12-16-24)29(35)27-28(21-9-13-23(14-10-21)32(6-2)7-3)33(31(37)30(27)36)25-19-20(4)8-17-26(25)34/h8-17,19,28,34-35H,5-7,18H2,1-4H3/b29-27+. The summed E-state index contributed by atoms with van der Waals surface area (Å²) in [7, 11) is 0. The smallest absolute Gasteiger partial charge is 0.300 e. The van der Waals surface area contributed by atoms with Crippen molar-refractivity contribution in [2.24, 2.45) is 0 Å². The molecule has 1 unspecified atom stereocenters. The van der Waals surface area contributed by atoms with Crippen LogP contribution in [0.1, 0.15) is 49.9 Å². The number of anilines is 2. The zero-order valence-electron chi connectivity index (χ0n) is 22.3. The SMILES string of the molecule is CCCOc1ccc(/C(O)=C2\C(=O)C(=O)N(c3cc(C)ccc3O)C2c2ccc(N(CC)CC)cc2)cc1. The summed E-state index contributed by atoms with van der Waals surface area (Å²) >= 11 is 0. The van der Waals surface area contributed by atoms with E-state index in [0.717, 1.165) is 30.8 Å². The summed E-state index contributed by atoms with van der Waals surface area (Å²) in [6.45, 7) is 10.2. The molecule has 1 fully saturated rings. The lowest BCUT2D eigenvalue weighted by Crippen LogP contribution is -2.29. The number of rotatable bonds is 9. The van der Waals surface area contributed by atoms with Gasteiger partial charge in [-0.15, -0.1) is 0 Å². The molecule has 0 aliphatic carbocycles. The molecule has 1 amide bonds. The Morgan fingerprint density at radius 2 is 1.61 bits per heavy atom. The molecule has 0 radical (unpaired) electrons. The molecule has 1 aliphatic heterocycles. The first-order chi connectivity index (χ1) is 18.3. The molecule has 0 spiro atoms. The van der Waals surface area contributed by atoms with E-state index in [1.54, 1.807) is 36.4 Å². The van der Waals surface area contributed by atoms with Crippen molar-refractivity contribution in [2.45, 2.75) is 40.2 Å². The summed E-state index contributed by atoms with van der Waals surface area (Å²) in [5.74, 6) is -1.38. The van der Waals surface area contributed by atoms with Crippen LogP contribution in [-0.2, 0) is 9.59 Å². The van der Waals surface area contributed by atoms with Crippen LogP contribution in [0.4, 0.5) is 11.4 Å². The molecule has 1 saturated heterocycles. The zero-order valence-corrected chi connectivity index (χ0v) is 22.3. The molecule has 3 aromatic rings. The molecule has 1 aliphatic rings. The van der Waals surface area contributed by atoms with Crippen molar-refractivity contribution in [3.63, 3.8) is 0 Å². The average Bonchev–Trinajstić information content (AvgIpc) is 3.19. The maximum Gasteiger partial charge on any atom is 0.300 e. The van der Waals surface area contributed by atoms with Crippen LogP contribution in [0, 0.1) is 6.92 Å².